The first kappa shape index (κ1) is 18.1. The van der Waals surface area contributed by atoms with Gasteiger partial charge in [0.2, 0.25) is 0 Å². The van der Waals surface area contributed by atoms with E-state index < -0.39 is 36.4 Å². The van der Waals surface area contributed by atoms with Crippen LogP contribution in [-0.2, 0) is 14.2 Å². The molecule has 0 N–H and O–H groups in total. The van der Waals surface area contributed by atoms with E-state index in [1.807, 2.05) is 0 Å². The molecule has 1 heterocycles. The average molecular weight is 358 g/mol. The van der Waals surface area contributed by atoms with Gasteiger partial charge in [-0.05, 0) is 31.2 Å². The van der Waals surface area contributed by atoms with Gasteiger partial charge in [-0.25, -0.2) is 14.0 Å². The highest BCUT2D eigenvalue weighted by atomic mass is 19.1. The fourth-order valence-corrected chi connectivity index (χ4v) is 2.76. The molecule has 1 fully saturated rings. The Balaban J connectivity index is 1.63. The zero-order valence-electron chi connectivity index (χ0n) is 14.2. The van der Waals surface area contributed by atoms with Gasteiger partial charge in [0.05, 0.1) is 17.2 Å². The zero-order chi connectivity index (χ0) is 18.5. The molecule has 3 rings (SSSR count). The van der Waals surface area contributed by atoms with Crippen LogP contribution in [-0.4, -0.2) is 43.0 Å². The van der Waals surface area contributed by atoms with Gasteiger partial charge in [-0.3, -0.25) is 0 Å². The SMILES string of the molecule is C[C@@H]1O[C@H](COC(=O)c2ccccc2)[C@@H](OC(=O)c2ccccc2)[C@@H]1F. The second-order valence-corrected chi connectivity index (χ2v) is 6.02. The second-order valence-electron chi connectivity index (χ2n) is 6.02. The van der Waals surface area contributed by atoms with Crippen LogP contribution in [0.1, 0.15) is 27.6 Å². The van der Waals surface area contributed by atoms with E-state index in [9.17, 15) is 14.0 Å². The van der Waals surface area contributed by atoms with Crippen LogP contribution in [0.3, 0.4) is 0 Å². The third-order valence-electron chi connectivity index (χ3n) is 4.16. The quantitative estimate of drug-likeness (QED) is 0.768. The van der Waals surface area contributed by atoms with E-state index >= 15 is 0 Å². The molecular weight excluding hydrogens is 339 g/mol. The number of benzene rings is 2. The van der Waals surface area contributed by atoms with Crippen molar-refractivity contribution in [3.8, 4) is 0 Å². The molecule has 6 heteroatoms. The minimum Gasteiger partial charge on any atom is -0.459 e. The predicted octanol–water partition coefficient (Wildman–Crippen LogP) is 3.19. The van der Waals surface area contributed by atoms with Gasteiger partial charge in [0, 0.05) is 0 Å². The first-order chi connectivity index (χ1) is 12.6. The van der Waals surface area contributed by atoms with E-state index in [4.69, 9.17) is 14.2 Å². The lowest BCUT2D eigenvalue weighted by Crippen LogP contribution is -2.37. The van der Waals surface area contributed by atoms with Gasteiger partial charge in [-0.15, -0.1) is 0 Å². The van der Waals surface area contributed by atoms with Gasteiger partial charge in [0.15, 0.2) is 12.3 Å². The van der Waals surface area contributed by atoms with Crippen molar-refractivity contribution in [3.63, 3.8) is 0 Å². The summed E-state index contributed by atoms with van der Waals surface area (Å²) in [6.07, 6.45) is -4.26. The lowest BCUT2D eigenvalue weighted by molar-refractivity contribution is -0.0403. The summed E-state index contributed by atoms with van der Waals surface area (Å²) in [6, 6.07) is 16.8. The van der Waals surface area contributed by atoms with E-state index in [1.165, 1.54) is 0 Å². The fourth-order valence-electron chi connectivity index (χ4n) is 2.76. The molecule has 0 aromatic heterocycles. The van der Waals surface area contributed by atoms with Crippen molar-refractivity contribution in [2.75, 3.05) is 6.61 Å². The molecule has 0 radical (unpaired) electrons. The monoisotopic (exact) mass is 358 g/mol. The minimum atomic E-state index is -1.50. The summed E-state index contributed by atoms with van der Waals surface area (Å²) in [7, 11) is 0. The molecule has 1 saturated heterocycles. The normalized spacial score (nSPS) is 24.8. The molecule has 0 spiro atoms. The molecule has 0 amide bonds. The molecule has 2 aromatic carbocycles. The van der Waals surface area contributed by atoms with Gasteiger partial charge < -0.3 is 14.2 Å². The number of ether oxygens (including phenoxy) is 3. The molecule has 0 aliphatic carbocycles. The first-order valence-corrected chi connectivity index (χ1v) is 8.34. The maximum atomic E-state index is 14.4. The van der Waals surface area contributed by atoms with E-state index in [1.54, 1.807) is 67.6 Å². The molecular formula is C20H19FO5. The summed E-state index contributed by atoms with van der Waals surface area (Å²) in [5, 5.41) is 0. The number of esters is 2. The predicted molar refractivity (Wildman–Crippen MR) is 91.6 cm³/mol. The number of halogens is 1. The van der Waals surface area contributed by atoms with Crippen molar-refractivity contribution in [2.45, 2.75) is 31.4 Å². The van der Waals surface area contributed by atoms with Gasteiger partial charge in [-0.2, -0.15) is 0 Å². The first-order valence-electron chi connectivity index (χ1n) is 8.34. The molecule has 0 saturated carbocycles. The standard InChI is InChI=1S/C20H19FO5/c1-13-17(21)18(26-20(23)15-10-6-3-7-11-15)16(25-13)12-24-19(22)14-8-4-2-5-9-14/h2-11,13,16-18H,12H2,1H3/t13-,16+,17+,18+/m0/s1. The summed E-state index contributed by atoms with van der Waals surface area (Å²) in [5.74, 6) is -1.19. The van der Waals surface area contributed by atoms with Crippen LogP contribution in [0.5, 0.6) is 0 Å². The van der Waals surface area contributed by atoms with Crippen LogP contribution in [0.15, 0.2) is 60.7 Å². The van der Waals surface area contributed by atoms with Crippen molar-refractivity contribution in [2.24, 2.45) is 0 Å². The summed E-state index contributed by atoms with van der Waals surface area (Å²) in [4.78, 5) is 24.2. The number of hydrogen-bond acceptors (Lipinski definition) is 5. The Labute approximate surface area is 150 Å². The molecule has 0 unspecified atom stereocenters. The smallest absolute Gasteiger partial charge is 0.338 e. The Kier molecular flexibility index (Phi) is 5.63. The number of carbonyl (C=O) groups excluding carboxylic acids is 2. The average Bonchev–Trinajstić information content (AvgIpc) is 2.95. The largest absolute Gasteiger partial charge is 0.459 e. The third-order valence-corrected chi connectivity index (χ3v) is 4.16. The Morgan fingerprint density at radius 1 is 0.962 bits per heavy atom. The molecule has 0 bridgehead atoms. The molecule has 136 valence electrons. The van der Waals surface area contributed by atoms with Gasteiger partial charge in [0.1, 0.15) is 12.7 Å². The van der Waals surface area contributed by atoms with Crippen molar-refractivity contribution in [1.82, 2.24) is 0 Å². The molecule has 5 nitrogen and oxygen atoms in total. The Hall–Kier alpha value is -2.73. The molecule has 4 atom stereocenters. The lowest BCUT2D eigenvalue weighted by Gasteiger charge is -2.20. The van der Waals surface area contributed by atoms with E-state index in [0.29, 0.717) is 11.1 Å². The van der Waals surface area contributed by atoms with Crippen LogP contribution in [0.25, 0.3) is 0 Å². The summed E-state index contributed by atoms with van der Waals surface area (Å²) in [6.45, 7) is 1.35. The van der Waals surface area contributed by atoms with Crippen LogP contribution in [0.2, 0.25) is 0 Å². The number of hydrogen-bond donors (Lipinski definition) is 0. The minimum absolute atomic E-state index is 0.203. The molecule has 26 heavy (non-hydrogen) atoms. The topological polar surface area (TPSA) is 61.8 Å². The fraction of sp³-hybridized carbons (Fsp3) is 0.300. The van der Waals surface area contributed by atoms with Crippen molar-refractivity contribution in [1.29, 1.82) is 0 Å². The Bertz CT molecular complexity index is 749. The van der Waals surface area contributed by atoms with Gasteiger partial charge >= 0.3 is 11.9 Å². The highest BCUT2D eigenvalue weighted by molar-refractivity contribution is 5.90. The van der Waals surface area contributed by atoms with E-state index in [0.717, 1.165) is 0 Å². The summed E-state index contributed by atoms with van der Waals surface area (Å²) < 4.78 is 30.4. The third kappa shape index (κ3) is 4.08. The Morgan fingerprint density at radius 3 is 2.08 bits per heavy atom. The maximum Gasteiger partial charge on any atom is 0.338 e. The van der Waals surface area contributed by atoms with Gasteiger partial charge in [0.25, 0.3) is 0 Å². The molecule has 2 aromatic rings. The highest BCUT2D eigenvalue weighted by Crippen LogP contribution is 2.27. The van der Waals surface area contributed by atoms with Crippen molar-refractivity contribution >= 4 is 11.9 Å². The number of carbonyl (C=O) groups is 2. The number of alkyl halides is 1. The Morgan fingerprint density at radius 2 is 1.50 bits per heavy atom. The van der Waals surface area contributed by atoms with Crippen molar-refractivity contribution in [3.05, 3.63) is 71.8 Å². The lowest BCUT2D eigenvalue weighted by atomic mass is 10.1. The molecule has 1 aliphatic rings. The van der Waals surface area contributed by atoms with Crippen LogP contribution < -0.4 is 0 Å². The van der Waals surface area contributed by atoms with Gasteiger partial charge in [-0.1, -0.05) is 36.4 Å². The van der Waals surface area contributed by atoms with Crippen LogP contribution in [0, 0.1) is 0 Å². The van der Waals surface area contributed by atoms with Crippen molar-refractivity contribution < 1.29 is 28.2 Å². The molecule has 1 aliphatic heterocycles. The van der Waals surface area contributed by atoms with Crippen LogP contribution >= 0.6 is 0 Å². The maximum absolute atomic E-state index is 14.4. The number of rotatable bonds is 5. The van der Waals surface area contributed by atoms with Crippen LogP contribution in [0.4, 0.5) is 4.39 Å². The summed E-state index contributed by atoms with van der Waals surface area (Å²) in [5.41, 5.74) is 0.701. The van der Waals surface area contributed by atoms with E-state index in [-0.39, 0.29) is 6.61 Å². The second kappa shape index (κ2) is 8.10. The summed E-state index contributed by atoms with van der Waals surface area (Å²) >= 11 is 0. The zero-order valence-corrected chi connectivity index (χ0v) is 14.2. The highest BCUT2D eigenvalue weighted by Gasteiger charge is 2.46. The van der Waals surface area contributed by atoms with E-state index in [2.05, 4.69) is 0 Å².